The topological polar surface area (TPSA) is 44.4 Å². The van der Waals surface area contributed by atoms with Crippen LogP contribution in [0.3, 0.4) is 0 Å². The van der Waals surface area contributed by atoms with Crippen LogP contribution in [-0.4, -0.2) is 43.5 Å². The fourth-order valence-corrected chi connectivity index (χ4v) is 2.88. The third-order valence-corrected chi connectivity index (χ3v) is 4.22. The maximum absolute atomic E-state index is 12.4. The van der Waals surface area contributed by atoms with Crippen LogP contribution in [-0.2, 0) is 13.0 Å². The van der Waals surface area contributed by atoms with Crippen molar-refractivity contribution in [2.24, 2.45) is 0 Å². The second-order valence-electron chi connectivity index (χ2n) is 5.51. The fourth-order valence-electron chi connectivity index (χ4n) is 2.88. The van der Waals surface area contributed by atoms with Gasteiger partial charge in [-0.05, 0) is 56.2 Å². The quantitative estimate of drug-likeness (QED) is 0.752. The Morgan fingerprint density at radius 1 is 1.33 bits per heavy atom. The SMILES string of the molecule is CCN(CC)CCCNC(=O)c1cccc2c1CCNC2. The third-order valence-electron chi connectivity index (χ3n) is 4.22. The van der Waals surface area contributed by atoms with Gasteiger partial charge in [-0.1, -0.05) is 26.0 Å². The zero-order chi connectivity index (χ0) is 15.1. The van der Waals surface area contributed by atoms with Crippen molar-refractivity contribution in [1.82, 2.24) is 15.5 Å². The largest absolute Gasteiger partial charge is 0.352 e. The van der Waals surface area contributed by atoms with E-state index in [2.05, 4.69) is 35.4 Å². The van der Waals surface area contributed by atoms with Gasteiger partial charge in [-0.3, -0.25) is 4.79 Å². The maximum Gasteiger partial charge on any atom is 0.251 e. The summed E-state index contributed by atoms with van der Waals surface area (Å²) < 4.78 is 0. The first kappa shape index (κ1) is 16.0. The smallest absolute Gasteiger partial charge is 0.251 e. The molecule has 0 aromatic heterocycles. The van der Waals surface area contributed by atoms with Crippen molar-refractivity contribution in [1.29, 1.82) is 0 Å². The molecular weight excluding hydrogens is 262 g/mol. The number of rotatable bonds is 7. The van der Waals surface area contributed by atoms with E-state index in [9.17, 15) is 4.79 Å². The summed E-state index contributed by atoms with van der Waals surface area (Å²) in [5, 5.41) is 6.41. The maximum atomic E-state index is 12.4. The van der Waals surface area contributed by atoms with Gasteiger partial charge in [0, 0.05) is 18.7 Å². The van der Waals surface area contributed by atoms with Crippen LogP contribution in [0.5, 0.6) is 0 Å². The lowest BCUT2D eigenvalue weighted by atomic mass is 9.95. The number of nitrogens with zero attached hydrogens (tertiary/aromatic N) is 1. The summed E-state index contributed by atoms with van der Waals surface area (Å²) in [5.74, 6) is 0.0771. The molecule has 1 aliphatic rings. The highest BCUT2D eigenvalue weighted by Crippen LogP contribution is 2.18. The minimum atomic E-state index is 0.0771. The molecule has 116 valence electrons. The van der Waals surface area contributed by atoms with Gasteiger partial charge in [0.1, 0.15) is 0 Å². The Balaban J connectivity index is 1.86. The van der Waals surface area contributed by atoms with E-state index in [1.54, 1.807) is 0 Å². The van der Waals surface area contributed by atoms with Crippen molar-refractivity contribution < 1.29 is 4.79 Å². The molecule has 0 atom stereocenters. The fraction of sp³-hybridized carbons (Fsp3) is 0.588. The van der Waals surface area contributed by atoms with Crippen molar-refractivity contribution in [3.05, 3.63) is 34.9 Å². The number of benzene rings is 1. The van der Waals surface area contributed by atoms with E-state index in [1.807, 2.05) is 12.1 Å². The second-order valence-corrected chi connectivity index (χ2v) is 5.51. The molecule has 0 radical (unpaired) electrons. The summed E-state index contributed by atoms with van der Waals surface area (Å²) in [6.07, 6.45) is 1.95. The van der Waals surface area contributed by atoms with Gasteiger partial charge in [-0.25, -0.2) is 0 Å². The molecule has 4 nitrogen and oxygen atoms in total. The van der Waals surface area contributed by atoms with Crippen molar-refractivity contribution in [2.45, 2.75) is 33.2 Å². The van der Waals surface area contributed by atoms with Gasteiger partial charge < -0.3 is 15.5 Å². The van der Waals surface area contributed by atoms with E-state index in [0.29, 0.717) is 0 Å². The van der Waals surface area contributed by atoms with Gasteiger partial charge in [0.25, 0.3) is 5.91 Å². The van der Waals surface area contributed by atoms with E-state index in [0.717, 1.165) is 57.7 Å². The van der Waals surface area contributed by atoms with Gasteiger partial charge in [-0.2, -0.15) is 0 Å². The van der Waals surface area contributed by atoms with Crippen molar-refractivity contribution >= 4 is 5.91 Å². The molecule has 0 unspecified atom stereocenters. The number of carbonyl (C=O) groups is 1. The van der Waals surface area contributed by atoms with Gasteiger partial charge in [0.2, 0.25) is 0 Å². The predicted octanol–water partition coefficient (Wildman–Crippen LogP) is 1.79. The average Bonchev–Trinajstić information content (AvgIpc) is 2.54. The van der Waals surface area contributed by atoms with E-state index in [1.165, 1.54) is 11.1 Å². The Morgan fingerprint density at radius 2 is 2.14 bits per heavy atom. The molecule has 4 heteroatoms. The van der Waals surface area contributed by atoms with Crippen LogP contribution in [0.15, 0.2) is 18.2 Å². The lowest BCUT2D eigenvalue weighted by molar-refractivity contribution is 0.0950. The zero-order valence-electron chi connectivity index (χ0n) is 13.2. The lowest BCUT2D eigenvalue weighted by Crippen LogP contribution is -2.32. The predicted molar refractivity (Wildman–Crippen MR) is 86.6 cm³/mol. The molecule has 1 aliphatic heterocycles. The monoisotopic (exact) mass is 289 g/mol. The third kappa shape index (κ3) is 4.29. The second kappa shape index (κ2) is 8.15. The van der Waals surface area contributed by atoms with E-state index < -0.39 is 0 Å². The summed E-state index contributed by atoms with van der Waals surface area (Å²) in [7, 11) is 0. The molecule has 1 aromatic carbocycles. The summed E-state index contributed by atoms with van der Waals surface area (Å²) in [6.45, 7) is 10.1. The first-order valence-corrected chi connectivity index (χ1v) is 8.08. The number of fused-ring (bicyclic) bond motifs is 1. The van der Waals surface area contributed by atoms with Crippen LogP contribution in [0.2, 0.25) is 0 Å². The highest BCUT2D eigenvalue weighted by atomic mass is 16.1. The van der Waals surface area contributed by atoms with Crippen LogP contribution < -0.4 is 10.6 Å². The van der Waals surface area contributed by atoms with Gasteiger partial charge in [0.05, 0.1) is 0 Å². The van der Waals surface area contributed by atoms with Crippen molar-refractivity contribution in [3.8, 4) is 0 Å². The van der Waals surface area contributed by atoms with Gasteiger partial charge >= 0.3 is 0 Å². The summed E-state index contributed by atoms with van der Waals surface area (Å²) in [5.41, 5.74) is 3.34. The molecule has 0 saturated carbocycles. The highest BCUT2D eigenvalue weighted by molar-refractivity contribution is 5.96. The number of nitrogens with one attached hydrogen (secondary N) is 2. The molecule has 0 spiro atoms. The van der Waals surface area contributed by atoms with E-state index in [-0.39, 0.29) is 5.91 Å². The van der Waals surface area contributed by atoms with E-state index in [4.69, 9.17) is 0 Å². The molecule has 2 rings (SSSR count). The minimum Gasteiger partial charge on any atom is -0.352 e. The van der Waals surface area contributed by atoms with Gasteiger partial charge in [0.15, 0.2) is 0 Å². The number of carbonyl (C=O) groups excluding carboxylic acids is 1. The lowest BCUT2D eigenvalue weighted by Gasteiger charge is -2.20. The Labute approximate surface area is 127 Å². The highest BCUT2D eigenvalue weighted by Gasteiger charge is 2.16. The Kier molecular flexibility index (Phi) is 6.21. The average molecular weight is 289 g/mol. The molecule has 0 aliphatic carbocycles. The number of hydrogen-bond donors (Lipinski definition) is 2. The Morgan fingerprint density at radius 3 is 2.90 bits per heavy atom. The standard InChI is InChI=1S/C17H27N3O/c1-3-20(4-2)12-6-10-19-17(21)16-8-5-7-14-13-18-11-9-15(14)16/h5,7-8,18H,3-4,6,9-13H2,1-2H3,(H,19,21). The molecule has 1 heterocycles. The zero-order valence-corrected chi connectivity index (χ0v) is 13.2. The summed E-state index contributed by atoms with van der Waals surface area (Å²) in [6, 6.07) is 6.04. The minimum absolute atomic E-state index is 0.0771. The van der Waals surface area contributed by atoms with Gasteiger partial charge in [-0.15, -0.1) is 0 Å². The molecule has 2 N–H and O–H groups in total. The molecule has 1 amide bonds. The van der Waals surface area contributed by atoms with Crippen LogP contribution in [0.1, 0.15) is 41.8 Å². The van der Waals surface area contributed by atoms with Crippen LogP contribution in [0.25, 0.3) is 0 Å². The van der Waals surface area contributed by atoms with Crippen molar-refractivity contribution in [2.75, 3.05) is 32.7 Å². The normalized spacial score (nSPS) is 14.0. The van der Waals surface area contributed by atoms with Crippen LogP contribution >= 0.6 is 0 Å². The number of hydrogen-bond acceptors (Lipinski definition) is 3. The van der Waals surface area contributed by atoms with E-state index >= 15 is 0 Å². The molecular formula is C17H27N3O. The van der Waals surface area contributed by atoms with Crippen LogP contribution in [0, 0.1) is 0 Å². The first-order chi connectivity index (χ1) is 10.3. The van der Waals surface area contributed by atoms with Crippen LogP contribution in [0.4, 0.5) is 0 Å². The molecule has 0 saturated heterocycles. The van der Waals surface area contributed by atoms with Crippen molar-refractivity contribution in [3.63, 3.8) is 0 Å². The molecule has 21 heavy (non-hydrogen) atoms. The molecule has 0 fully saturated rings. The summed E-state index contributed by atoms with van der Waals surface area (Å²) in [4.78, 5) is 14.7. The molecule has 0 bridgehead atoms. The Hall–Kier alpha value is -1.39. The molecule has 1 aromatic rings. The Bertz CT molecular complexity index is 469. The number of amides is 1. The first-order valence-electron chi connectivity index (χ1n) is 8.08. The summed E-state index contributed by atoms with van der Waals surface area (Å²) >= 11 is 0.